The molecule has 0 fully saturated rings. The number of aliphatic hydroxyl groups excluding tert-OH is 1. The van der Waals surface area contributed by atoms with E-state index in [0.29, 0.717) is 24.2 Å². The molecular weight excluding hydrogens is 231 g/mol. The van der Waals surface area contributed by atoms with Gasteiger partial charge in [-0.25, -0.2) is 4.39 Å². The van der Waals surface area contributed by atoms with E-state index in [1.165, 1.54) is 6.07 Å². The number of rotatable bonds is 7. The monoisotopic (exact) mass is 250 g/mol. The Balaban J connectivity index is 2.71. The molecule has 0 atom stereocenters. The molecule has 0 bridgehead atoms. The first-order valence-electron chi connectivity index (χ1n) is 6.23. The summed E-state index contributed by atoms with van der Waals surface area (Å²) in [7, 11) is 0. The summed E-state index contributed by atoms with van der Waals surface area (Å²) in [6.07, 6.45) is 2.09. The average Bonchev–Trinajstić information content (AvgIpc) is 2.38. The highest BCUT2D eigenvalue weighted by Crippen LogP contribution is 2.13. The van der Waals surface area contributed by atoms with E-state index in [0.717, 1.165) is 19.4 Å². The Kier molecular flexibility index (Phi) is 6.34. The number of benzene rings is 1. The number of nitriles is 1. The van der Waals surface area contributed by atoms with Crippen LogP contribution < -0.4 is 0 Å². The summed E-state index contributed by atoms with van der Waals surface area (Å²) in [6, 6.07) is 6.43. The van der Waals surface area contributed by atoms with Crippen molar-refractivity contribution in [2.24, 2.45) is 0 Å². The Morgan fingerprint density at radius 2 is 2.17 bits per heavy atom. The topological polar surface area (TPSA) is 47.3 Å². The minimum Gasteiger partial charge on any atom is -0.395 e. The summed E-state index contributed by atoms with van der Waals surface area (Å²) < 4.78 is 13.7. The van der Waals surface area contributed by atoms with Crippen LogP contribution in [0.5, 0.6) is 0 Å². The Labute approximate surface area is 107 Å². The van der Waals surface area contributed by atoms with Crippen molar-refractivity contribution in [3.63, 3.8) is 0 Å². The molecule has 1 aromatic rings. The lowest BCUT2D eigenvalue weighted by Gasteiger charge is -2.21. The van der Waals surface area contributed by atoms with Gasteiger partial charge in [0.2, 0.25) is 0 Å². The van der Waals surface area contributed by atoms with Gasteiger partial charge in [0.25, 0.3) is 0 Å². The van der Waals surface area contributed by atoms with Gasteiger partial charge in [0.05, 0.1) is 18.2 Å². The van der Waals surface area contributed by atoms with Crippen LogP contribution in [0.4, 0.5) is 4.39 Å². The van der Waals surface area contributed by atoms with Gasteiger partial charge in [0, 0.05) is 18.7 Å². The molecule has 0 heterocycles. The molecule has 98 valence electrons. The van der Waals surface area contributed by atoms with Crippen LogP contribution in [0.2, 0.25) is 0 Å². The van der Waals surface area contributed by atoms with Gasteiger partial charge in [-0.15, -0.1) is 0 Å². The minimum absolute atomic E-state index is 0.0710. The fourth-order valence-electron chi connectivity index (χ4n) is 1.78. The number of unbranched alkanes of at least 4 members (excludes halogenated alkanes) is 1. The zero-order valence-corrected chi connectivity index (χ0v) is 10.7. The van der Waals surface area contributed by atoms with Crippen molar-refractivity contribution in [1.82, 2.24) is 4.90 Å². The van der Waals surface area contributed by atoms with Crippen LogP contribution in [0, 0.1) is 17.1 Å². The van der Waals surface area contributed by atoms with Crippen LogP contribution in [0.1, 0.15) is 30.9 Å². The zero-order chi connectivity index (χ0) is 13.4. The molecular formula is C14H19FN2O. The number of aliphatic hydroxyl groups is 1. The Hall–Kier alpha value is -1.44. The second-order valence-corrected chi connectivity index (χ2v) is 4.27. The number of nitrogens with zero attached hydrogens (tertiary/aromatic N) is 2. The molecule has 1 N–H and O–H groups in total. The molecule has 0 amide bonds. The largest absolute Gasteiger partial charge is 0.395 e. The van der Waals surface area contributed by atoms with Crippen LogP contribution in [-0.4, -0.2) is 29.7 Å². The van der Waals surface area contributed by atoms with E-state index in [-0.39, 0.29) is 12.4 Å². The van der Waals surface area contributed by atoms with E-state index in [4.69, 9.17) is 10.4 Å². The number of hydrogen-bond acceptors (Lipinski definition) is 3. The molecule has 4 heteroatoms. The molecule has 0 saturated carbocycles. The first-order valence-corrected chi connectivity index (χ1v) is 6.23. The van der Waals surface area contributed by atoms with Crippen molar-refractivity contribution < 1.29 is 9.50 Å². The fraction of sp³-hybridized carbons (Fsp3) is 0.500. The lowest BCUT2D eigenvalue weighted by molar-refractivity contribution is 0.187. The lowest BCUT2D eigenvalue weighted by atomic mass is 10.1. The van der Waals surface area contributed by atoms with Crippen molar-refractivity contribution >= 4 is 0 Å². The molecule has 1 rings (SSSR count). The molecule has 3 nitrogen and oxygen atoms in total. The summed E-state index contributed by atoms with van der Waals surface area (Å²) >= 11 is 0. The molecule has 0 saturated heterocycles. The molecule has 1 aromatic carbocycles. The molecule has 0 spiro atoms. The van der Waals surface area contributed by atoms with E-state index < -0.39 is 0 Å². The fourth-order valence-corrected chi connectivity index (χ4v) is 1.78. The van der Waals surface area contributed by atoms with Gasteiger partial charge in [-0.2, -0.15) is 5.26 Å². The highest BCUT2D eigenvalue weighted by Gasteiger charge is 2.09. The van der Waals surface area contributed by atoms with Crippen molar-refractivity contribution in [1.29, 1.82) is 5.26 Å². The third kappa shape index (κ3) is 4.44. The lowest BCUT2D eigenvalue weighted by Crippen LogP contribution is -2.28. The summed E-state index contributed by atoms with van der Waals surface area (Å²) in [6.45, 7) is 4.02. The van der Waals surface area contributed by atoms with Gasteiger partial charge in [0.1, 0.15) is 5.82 Å². The van der Waals surface area contributed by atoms with Crippen molar-refractivity contribution in [3.05, 3.63) is 35.1 Å². The first-order chi connectivity index (χ1) is 8.71. The average molecular weight is 250 g/mol. The smallest absolute Gasteiger partial charge is 0.129 e. The second-order valence-electron chi connectivity index (χ2n) is 4.27. The molecule has 0 unspecified atom stereocenters. The Bertz CT molecular complexity index is 415. The molecule has 0 aliphatic carbocycles. The maximum absolute atomic E-state index is 13.7. The number of halogens is 1. The van der Waals surface area contributed by atoms with E-state index >= 15 is 0 Å². The summed E-state index contributed by atoms with van der Waals surface area (Å²) in [5.74, 6) is -0.353. The van der Waals surface area contributed by atoms with Crippen molar-refractivity contribution in [3.8, 4) is 6.07 Å². The van der Waals surface area contributed by atoms with Gasteiger partial charge < -0.3 is 5.11 Å². The van der Waals surface area contributed by atoms with Crippen LogP contribution >= 0.6 is 0 Å². The van der Waals surface area contributed by atoms with Crippen molar-refractivity contribution in [2.45, 2.75) is 26.3 Å². The zero-order valence-electron chi connectivity index (χ0n) is 10.7. The quantitative estimate of drug-likeness (QED) is 0.807. The third-order valence-corrected chi connectivity index (χ3v) is 2.82. The molecule has 0 aliphatic heterocycles. The first kappa shape index (κ1) is 14.6. The highest BCUT2D eigenvalue weighted by atomic mass is 19.1. The maximum atomic E-state index is 13.7. The van der Waals surface area contributed by atoms with Crippen LogP contribution in [0.3, 0.4) is 0 Å². The van der Waals surface area contributed by atoms with Crippen LogP contribution in [0.25, 0.3) is 0 Å². The van der Waals surface area contributed by atoms with Gasteiger partial charge in [-0.05, 0) is 25.1 Å². The van der Waals surface area contributed by atoms with E-state index in [1.54, 1.807) is 12.1 Å². The van der Waals surface area contributed by atoms with Crippen LogP contribution in [-0.2, 0) is 6.54 Å². The van der Waals surface area contributed by atoms with Gasteiger partial charge in [-0.1, -0.05) is 19.4 Å². The minimum atomic E-state index is -0.353. The van der Waals surface area contributed by atoms with Gasteiger partial charge >= 0.3 is 0 Å². The summed E-state index contributed by atoms with van der Waals surface area (Å²) in [5.41, 5.74) is 0.900. The number of hydrogen-bond donors (Lipinski definition) is 1. The Morgan fingerprint density at radius 3 is 2.72 bits per heavy atom. The molecule has 0 aromatic heterocycles. The van der Waals surface area contributed by atoms with E-state index in [2.05, 4.69) is 6.92 Å². The normalized spacial score (nSPS) is 10.6. The summed E-state index contributed by atoms with van der Waals surface area (Å²) in [4.78, 5) is 2.02. The van der Waals surface area contributed by atoms with Gasteiger partial charge in [0.15, 0.2) is 0 Å². The Morgan fingerprint density at radius 1 is 1.39 bits per heavy atom. The maximum Gasteiger partial charge on any atom is 0.129 e. The molecule has 0 radical (unpaired) electrons. The third-order valence-electron chi connectivity index (χ3n) is 2.82. The van der Waals surface area contributed by atoms with Gasteiger partial charge in [-0.3, -0.25) is 4.90 Å². The predicted octanol–water partition coefficient (Wildman–Crippen LogP) is 2.29. The standard InChI is InChI=1S/C14H19FN2O/c1-2-3-6-17(7-8-18)11-13-5-4-12(10-16)9-14(13)15/h4-5,9,18H,2-3,6-8,11H2,1H3. The summed E-state index contributed by atoms with van der Waals surface area (Å²) in [5, 5.41) is 17.7. The van der Waals surface area contributed by atoms with Crippen molar-refractivity contribution in [2.75, 3.05) is 19.7 Å². The second kappa shape index (κ2) is 7.80. The predicted molar refractivity (Wildman–Crippen MR) is 68.4 cm³/mol. The highest BCUT2D eigenvalue weighted by molar-refractivity contribution is 5.32. The molecule has 0 aliphatic rings. The van der Waals surface area contributed by atoms with E-state index in [1.807, 2.05) is 11.0 Å². The SMILES string of the molecule is CCCCN(CCO)Cc1ccc(C#N)cc1F. The molecule has 18 heavy (non-hydrogen) atoms. The van der Waals surface area contributed by atoms with E-state index in [9.17, 15) is 4.39 Å². The van der Waals surface area contributed by atoms with Crippen LogP contribution in [0.15, 0.2) is 18.2 Å².